The SMILES string of the molecule is Cc1cn2c(=O)c(Br)cc(C(=O)O)c2[nH]1. The van der Waals surface area contributed by atoms with E-state index in [1.54, 1.807) is 13.1 Å². The number of nitrogens with one attached hydrogen (secondary N) is 1. The van der Waals surface area contributed by atoms with Gasteiger partial charge in [0.2, 0.25) is 0 Å². The third-order valence-electron chi connectivity index (χ3n) is 2.06. The number of H-pyrrole nitrogens is 1. The van der Waals surface area contributed by atoms with Crippen LogP contribution in [0, 0.1) is 6.92 Å². The number of rotatable bonds is 1. The number of carboxylic acid groups (broad SMARTS) is 1. The molecule has 15 heavy (non-hydrogen) atoms. The molecule has 0 atom stereocenters. The molecule has 2 N–H and O–H groups in total. The van der Waals surface area contributed by atoms with Crippen LogP contribution in [0.4, 0.5) is 0 Å². The van der Waals surface area contributed by atoms with Gasteiger partial charge in [-0.1, -0.05) is 0 Å². The average Bonchev–Trinajstić information content (AvgIpc) is 2.53. The van der Waals surface area contributed by atoms with E-state index in [0.29, 0.717) is 5.65 Å². The van der Waals surface area contributed by atoms with E-state index in [1.807, 2.05) is 0 Å². The molecule has 0 aliphatic carbocycles. The van der Waals surface area contributed by atoms with Crippen LogP contribution in [0.15, 0.2) is 21.5 Å². The predicted molar refractivity (Wildman–Crippen MR) is 57.4 cm³/mol. The van der Waals surface area contributed by atoms with Crippen molar-refractivity contribution in [1.82, 2.24) is 9.38 Å². The Bertz CT molecular complexity index is 612. The van der Waals surface area contributed by atoms with Crippen molar-refractivity contribution >= 4 is 27.5 Å². The second-order valence-electron chi connectivity index (χ2n) is 3.17. The maximum absolute atomic E-state index is 11.6. The minimum Gasteiger partial charge on any atom is -0.478 e. The van der Waals surface area contributed by atoms with E-state index in [2.05, 4.69) is 20.9 Å². The molecular formula is C9H7BrN2O3. The smallest absolute Gasteiger partial charge is 0.339 e. The van der Waals surface area contributed by atoms with Crippen LogP contribution in [-0.4, -0.2) is 20.5 Å². The molecule has 0 aromatic carbocycles. The minimum atomic E-state index is -1.07. The number of nitrogens with zero attached hydrogens (tertiary/aromatic N) is 1. The highest BCUT2D eigenvalue weighted by atomic mass is 79.9. The number of carbonyl (C=O) groups is 1. The average molecular weight is 271 g/mol. The van der Waals surface area contributed by atoms with Gasteiger partial charge in [-0.3, -0.25) is 9.20 Å². The summed E-state index contributed by atoms with van der Waals surface area (Å²) < 4.78 is 1.51. The number of hydrogen-bond acceptors (Lipinski definition) is 2. The second-order valence-corrected chi connectivity index (χ2v) is 4.03. The van der Waals surface area contributed by atoms with Gasteiger partial charge < -0.3 is 10.1 Å². The lowest BCUT2D eigenvalue weighted by molar-refractivity contribution is 0.0698. The molecule has 0 unspecified atom stereocenters. The van der Waals surface area contributed by atoms with Gasteiger partial charge in [0.15, 0.2) is 0 Å². The van der Waals surface area contributed by atoms with E-state index in [9.17, 15) is 9.59 Å². The van der Waals surface area contributed by atoms with Gasteiger partial charge in [0, 0.05) is 11.9 Å². The molecule has 0 saturated heterocycles. The molecule has 5 nitrogen and oxygen atoms in total. The number of halogens is 1. The van der Waals surface area contributed by atoms with Crippen LogP contribution in [0.5, 0.6) is 0 Å². The van der Waals surface area contributed by atoms with Crippen molar-refractivity contribution < 1.29 is 9.90 Å². The summed E-state index contributed by atoms with van der Waals surface area (Å²) in [6.07, 6.45) is 1.56. The minimum absolute atomic E-state index is 0.0644. The largest absolute Gasteiger partial charge is 0.478 e. The Morgan fingerprint density at radius 3 is 2.87 bits per heavy atom. The van der Waals surface area contributed by atoms with Gasteiger partial charge in [-0.25, -0.2) is 4.79 Å². The van der Waals surface area contributed by atoms with Crippen molar-refractivity contribution in [3.8, 4) is 0 Å². The van der Waals surface area contributed by atoms with Crippen LogP contribution < -0.4 is 5.56 Å². The number of fused-ring (bicyclic) bond motifs is 1. The van der Waals surface area contributed by atoms with E-state index in [-0.39, 0.29) is 15.6 Å². The number of aromatic carboxylic acids is 1. The van der Waals surface area contributed by atoms with Gasteiger partial charge in [0.05, 0.1) is 4.47 Å². The number of pyridine rings is 1. The van der Waals surface area contributed by atoms with Crippen LogP contribution in [0.25, 0.3) is 5.65 Å². The number of aromatic nitrogens is 2. The fourth-order valence-electron chi connectivity index (χ4n) is 1.43. The first-order valence-electron chi connectivity index (χ1n) is 4.14. The molecule has 78 valence electrons. The van der Waals surface area contributed by atoms with Gasteiger partial charge in [0.1, 0.15) is 11.2 Å². The summed E-state index contributed by atoms with van der Waals surface area (Å²) in [5, 5.41) is 8.95. The van der Waals surface area contributed by atoms with E-state index in [4.69, 9.17) is 5.11 Å². The zero-order valence-corrected chi connectivity index (χ0v) is 9.33. The van der Waals surface area contributed by atoms with Crippen molar-refractivity contribution in [2.75, 3.05) is 0 Å². The lowest BCUT2D eigenvalue weighted by Gasteiger charge is -1.99. The van der Waals surface area contributed by atoms with Crippen molar-refractivity contribution in [2.45, 2.75) is 6.92 Å². The van der Waals surface area contributed by atoms with Crippen LogP contribution in [0.2, 0.25) is 0 Å². The highest BCUT2D eigenvalue weighted by molar-refractivity contribution is 9.10. The summed E-state index contributed by atoms with van der Waals surface area (Å²) in [6.45, 7) is 1.76. The maximum atomic E-state index is 11.6. The summed E-state index contributed by atoms with van der Waals surface area (Å²) in [4.78, 5) is 25.4. The van der Waals surface area contributed by atoms with Crippen LogP contribution in [-0.2, 0) is 0 Å². The van der Waals surface area contributed by atoms with Crippen molar-refractivity contribution in [2.24, 2.45) is 0 Å². The molecule has 2 aromatic rings. The van der Waals surface area contributed by atoms with E-state index < -0.39 is 5.97 Å². The van der Waals surface area contributed by atoms with E-state index in [1.165, 1.54) is 10.5 Å². The standard InChI is InChI=1S/C9H7BrN2O3/c1-4-3-12-7(11-4)5(9(14)15)2-6(10)8(12)13/h2-3,11H,1H3,(H,14,15). The van der Waals surface area contributed by atoms with Gasteiger partial charge in [0.25, 0.3) is 5.56 Å². The maximum Gasteiger partial charge on any atom is 0.339 e. The Morgan fingerprint density at radius 2 is 2.27 bits per heavy atom. The molecule has 2 aromatic heterocycles. The molecule has 0 radical (unpaired) electrons. The van der Waals surface area contributed by atoms with E-state index in [0.717, 1.165) is 5.69 Å². The molecule has 0 saturated carbocycles. The molecule has 0 aliphatic rings. The first kappa shape index (κ1) is 9.97. The number of aryl methyl sites for hydroxylation is 1. The molecule has 0 spiro atoms. The highest BCUT2D eigenvalue weighted by Gasteiger charge is 2.14. The molecule has 0 bridgehead atoms. The zero-order valence-electron chi connectivity index (χ0n) is 7.74. The fourth-order valence-corrected chi connectivity index (χ4v) is 1.85. The van der Waals surface area contributed by atoms with Crippen LogP contribution in [0.1, 0.15) is 16.1 Å². The molecule has 2 heterocycles. The van der Waals surface area contributed by atoms with Gasteiger partial charge >= 0.3 is 5.97 Å². The van der Waals surface area contributed by atoms with Crippen LogP contribution >= 0.6 is 15.9 Å². The highest BCUT2D eigenvalue weighted by Crippen LogP contribution is 2.13. The lowest BCUT2D eigenvalue weighted by Crippen LogP contribution is -2.15. The third-order valence-corrected chi connectivity index (χ3v) is 2.63. The quantitative estimate of drug-likeness (QED) is 0.823. The zero-order chi connectivity index (χ0) is 11.2. The summed E-state index contributed by atoms with van der Waals surface area (Å²) in [5.41, 5.74) is 0.815. The number of carboxylic acids is 1. The van der Waals surface area contributed by atoms with Crippen molar-refractivity contribution in [1.29, 1.82) is 0 Å². The molecular weight excluding hydrogens is 264 g/mol. The number of imidazole rings is 1. The normalized spacial score (nSPS) is 10.8. The molecule has 2 rings (SSSR count). The Hall–Kier alpha value is -1.56. The summed E-state index contributed by atoms with van der Waals surface area (Å²) >= 11 is 3.03. The Morgan fingerprint density at radius 1 is 1.60 bits per heavy atom. The van der Waals surface area contributed by atoms with Crippen LogP contribution in [0.3, 0.4) is 0 Å². The van der Waals surface area contributed by atoms with Gasteiger partial charge in [-0.05, 0) is 28.9 Å². The monoisotopic (exact) mass is 270 g/mol. The summed E-state index contributed by atoms with van der Waals surface area (Å²) in [7, 11) is 0. The predicted octanol–water partition coefficient (Wildman–Crippen LogP) is 1.40. The van der Waals surface area contributed by atoms with Gasteiger partial charge in [-0.2, -0.15) is 0 Å². The molecule has 0 fully saturated rings. The first-order valence-corrected chi connectivity index (χ1v) is 4.94. The Balaban J connectivity index is 3.00. The topological polar surface area (TPSA) is 74.6 Å². The third kappa shape index (κ3) is 1.46. The second kappa shape index (κ2) is 3.23. The summed E-state index contributed by atoms with van der Waals surface area (Å²) in [6, 6.07) is 1.30. The molecule has 0 amide bonds. The fraction of sp³-hybridized carbons (Fsp3) is 0.111. The Labute approximate surface area is 92.5 Å². The van der Waals surface area contributed by atoms with E-state index >= 15 is 0 Å². The molecule has 0 aliphatic heterocycles. The number of hydrogen-bond donors (Lipinski definition) is 2. The van der Waals surface area contributed by atoms with Crippen molar-refractivity contribution in [3.63, 3.8) is 0 Å². The first-order chi connectivity index (χ1) is 7.00. The summed E-state index contributed by atoms with van der Waals surface area (Å²) in [5.74, 6) is -1.07. The molecule has 6 heteroatoms. The lowest BCUT2D eigenvalue weighted by atomic mass is 10.3. The Kier molecular flexibility index (Phi) is 2.15. The van der Waals surface area contributed by atoms with Crippen molar-refractivity contribution in [3.05, 3.63) is 38.3 Å². The number of aromatic amines is 1. The van der Waals surface area contributed by atoms with Gasteiger partial charge in [-0.15, -0.1) is 0 Å².